The second-order valence-corrected chi connectivity index (χ2v) is 7.11. The second-order valence-electron chi connectivity index (χ2n) is 6.33. The summed E-state index contributed by atoms with van der Waals surface area (Å²) in [5.74, 6) is -1.67. The molecule has 1 atom stereocenters. The van der Waals surface area contributed by atoms with E-state index in [1.54, 1.807) is 0 Å². The minimum Gasteiger partial charge on any atom is -0.482 e. The molecule has 0 unspecified atom stereocenters. The van der Waals surface area contributed by atoms with Gasteiger partial charge in [0.15, 0.2) is 11.6 Å². The Hall–Kier alpha value is -2.35. The summed E-state index contributed by atoms with van der Waals surface area (Å²) in [6.07, 6.45) is 0.190. The SMILES string of the molecule is [2H]C1([2H])CC([2H])(n2cc(-c3cnc(N)c(O[C@]([2H])(c4c(Cl)ccc(F)c4Cl)C([2H])([2H])[2H])c3)cn2)CC([2H])([2H])N1. The molecule has 0 bridgehead atoms. The first-order chi connectivity index (χ1) is 17.8. The van der Waals surface area contributed by atoms with Gasteiger partial charge >= 0.3 is 0 Å². The molecule has 3 heterocycles. The number of halogens is 3. The van der Waals surface area contributed by atoms with E-state index in [0.29, 0.717) is 5.56 Å². The number of nitrogens with one attached hydrogen (secondary N) is 1. The van der Waals surface area contributed by atoms with Crippen molar-refractivity contribution in [1.82, 2.24) is 20.1 Å². The Labute approximate surface area is 196 Å². The molecule has 1 saturated heterocycles. The van der Waals surface area contributed by atoms with Gasteiger partial charge in [0, 0.05) is 43.7 Å². The van der Waals surface area contributed by atoms with Gasteiger partial charge in [-0.15, -0.1) is 0 Å². The van der Waals surface area contributed by atoms with Crippen LogP contribution in [-0.4, -0.2) is 27.8 Å². The average molecular weight is 459 g/mol. The van der Waals surface area contributed by atoms with Gasteiger partial charge in [-0.05, 0) is 50.9 Å². The number of ether oxygens (including phenoxy) is 1. The first-order valence-corrected chi connectivity index (χ1v) is 9.46. The summed E-state index contributed by atoms with van der Waals surface area (Å²) >= 11 is 12.1. The minimum absolute atomic E-state index is 0.262. The van der Waals surface area contributed by atoms with Crippen molar-refractivity contribution in [2.24, 2.45) is 0 Å². The fourth-order valence-electron chi connectivity index (χ4n) is 2.82. The van der Waals surface area contributed by atoms with Crippen molar-refractivity contribution in [3.8, 4) is 16.9 Å². The summed E-state index contributed by atoms with van der Waals surface area (Å²) in [6.45, 7) is -7.58. The summed E-state index contributed by atoms with van der Waals surface area (Å²) < 4.78 is 94.1. The zero-order valence-electron chi connectivity index (χ0n) is 24.3. The molecule has 9 heteroatoms. The van der Waals surface area contributed by atoms with Gasteiger partial charge in [-0.1, -0.05) is 23.2 Å². The highest BCUT2D eigenvalue weighted by atomic mass is 35.5. The fourth-order valence-corrected chi connectivity index (χ4v) is 3.36. The molecule has 6 nitrogen and oxygen atoms in total. The van der Waals surface area contributed by atoms with E-state index in [2.05, 4.69) is 15.4 Å². The molecule has 158 valence electrons. The zero-order valence-corrected chi connectivity index (χ0v) is 16.9. The Morgan fingerprint density at radius 3 is 2.97 bits per heavy atom. The third-order valence-corrected chi connectivity index (χ3v) is 5.05. The van der Waals surface area contributed by atoms with Crippen LogP contribution in [-0.2, 0) is 0 Å². The number of hydrogen-bond acceptors (Lipinski definition) is 5. The molecule has 1 fully saturated rings. The van der Waals surface area contributed by atoms with E-state index in [4.69, 9.17) is 46.0 Å². The number of nitrogen functional groups attached to an aromatic ring is 1. The highest BCUT2D eigenvalue weighted by Gasteiger charge is 2.21. The quantitative estimate of drug-likeness (QED) is 0.523. The molecule has 0 saturated carbocycles. The van der Waals surface area contributed by atoms with Crippen molar-refractivity contribution in [3.63, 3.8) is 0 Å². The van der Waals surface area contributed by atoms with Crippen LogP contribution in [0.15, 0.2) is 36.8 Å². The van der Waals surface area contributed by atoms with Gasteiger partial charge in [0.2, 0.25) is 0 Å². The van der Waals surface area contributed by atoms with Gasteiger partial charge in [0.05, 0.1) is 20.0 Å². The standard InChI is InChI=1S/C21H22Cl2FN5O/c1-12(19-16(22)2-3-17(24)20(19)23)30-18-8-13(9-27-21(18)25)14-10-28-29(11-14)15-4-6-26-7-5-15/h2-3,8-12,15,26H,4-7H2,1H3,(H2,25,27)/t12-/m0/s1/i1D3,6D2,7D2,12D,15D. The number of nitrogens with two attached hydrogens (primary N) is 1. The zero-order chi connectivity index (χ0) is 29.2. The van der Waals surface area contributed by atoms with Gasteiger partial charge in [0.25, 0.3) is 0 Å². The molecule has 30 heavy (non-hydrogen) atoms. The van der Waals surface area contributed by atoms with E-state index in [9.17, 15) is 4.39 Å². The van der Waals surface area contributed by atoms with Crippen molar-refractivity contribution in [1.29, 1.82) is 0 Å². The van der Waals surface area contributed by atoms with Crippen molar-refractivity contribution < 1.29 is 21.5 Å². The van der Waals surface area contributed by atoms with Crippen LogP contribution in [0.4, 0.5) is 10.2 Å². The molecule has 1 aliphatic heterocycles. The topological polar surface area (TPSA) is 78.0 Å². The summed E-state index contributed by atoms with van der Waals surface area (Å²) in [6, 6.07) is 1.45. The number of piperidine rings is 1. The highest BCUT2D eigenvalue weighted by molar-refractivity contribution is 6.36. The molecule has 0 amide bonds. The molecular weight excluding hydrogens is 428 g/mol. The van der Waals surface area contributed by atoms with E-state index in [-0.39, 0.29) is 22.2 Å². The lowest BCUT2D eigenvalue weighted by Crippen LogP contribution is -2.29. The lowest BCUT2D eigenvalue weighted by atomic mass is 10.1. The van der Waals surface area contributed by atoms with Crippen LogP contribution in [0.2, 0.25) is 10.0 Å². The van der Waals surface area contributed by atoms with E-state index in [1.807, 2.05) is 0 Å². The molecule has 0 aliphatic carbocycles. The maximum absolute atomic E-state index is 14.2. The molecule has 2 aromatic heterocycles. The van der Waals surface area contributed by atoms with Crippen LogP contribution in [0.3, 0.4) is 0 Å². The first kappa shape index (κ1) is 12.5. The van der Waals surface area contributed by atoms with Crippen LogP contribution in [0, 0.1) is 5.82 Å². The van der Waals surface area contributed by atoms with Crippen LogP contribution < -0.4 is 15.8 Å². The molecule has 3 N–H and O–H groups in total. The van der Waals surface area contributed by atoms with E-state index >= 15 is 0 Å². The van der Waals surface area contributed by atoms with Gasteiger partial charge < -0.3 is 15.8 Å². The molecule has 0 spiro atoms. The summed E-state index contributed by atoms with van der Waals surface area (Å²) in [5, 5.41) is 5.33. The van der Waals surface area contributed by atoms with Gasteiger partial charge in [-0.3, -0.25) is 4.68 Å². The number of anilines is 1. The van der Waals surface area contributed by atoms with E-state index < -0.39 is 61.2 Å². The largest absolute Gasteiger partial charge is 0.482 e. The normalized spacial score (nSPS) is 26.2. The number of hydrogen-bond donors (Lipinski definition) is 2. The molecular formula is C21H22Cl2FN5O. The third-order valence-electron chi connectivity index (χ3n) is 4.37. The summed E-state index contributed by atoms with van der Waals surface area (Å²) in [7, 11) is 0. The Bertz CT molecular complexity index is 1400. The lowest BCUT2D eigenvalue weighted by molar-refractivity contribution is 0.227. The fraction of sp³-hybridized carbons (Fsp3) is 0.333. The maximum atomic E-state index is 14.2. The molecule has 1 aromatic carbocycles. The third kappa shape index (κ3) is 4.24. The number of pyridine rings is 1. The van der Waals surface area contributed by atoms with Gasteiger partial charge in [-0.25, -0.2) is 9.37 Å². The smallest absolute Gasteiger partial charge is 0.166 e. The number of benzene rings is 1. The van der Waals surface area contributed by atoms with E-state index in [0.717, 1.165) is 16.8 Å². The first-order valence-electron chi connectivity index (χ1n) is 13.2. The van der Waals surface area contributed by atoms with Crippen molar-refractivity contribution in [3.05, 3.63) is 58.2 Å². The van der Waals surface area contributed by atoms with Crippen molar-refractivity contribution in [2.75, 3.05) is 18.7 Å². The molecule has 1 aliphatic rings. The summed E-state index contributed by atoms with van der Waals surface area (Å²) in [4.78, 5) is 3.99. The Morgan fingerprint density at radius 2 is 2.20 bits per heavy atom. The number of aromatic nitrogens is 3. The van der Waals surface area contributed by atoms with Crippen LogP contribution in [0.25, 0.3) is 11.1 Å². The molecule has 3 aromatic rings. The second kappa shape index (κ2) is 8.79. The van der Waals surface area contributed by atoms with Crippen LogP contribution in [0.5, 0.6) is 5.75 Å². The monoisotopic (exact) mass is 458 g/mol. The van der Waals surface area contributed by atoms with Crippen molar-refractivity contribution in [2.45, 2.75) is 31.8 Å². The highest BCUT2D eigenvalue weighted by Crippen LogP contribution is 2.37. The predicted molar refractivity (Wildman–Crippen MR) is 116 cm³/mol. The van der Waals surface area contributed by atoms with Gasteiger partial charge in [-0.2, -0.15) is 5.10 Å². The lowest BCUT2D eigenvalue weighted by Gasteiger charge is -2.22. The number of rotatable bonds is 5. The van der Waals surface area contributed by atoms with Crippen LogP contribution >= 0.6 is 23.2 Å². The maximum Gasteiger partial charge on any atom is 0.166 e. The minimum atomic E-state index is -3.23. The predicted octanol–water partition coefficient (Wildman–Crippen LogP) is 5.04. The number of nitrogens with zero attached hydrogens (tertiary/aromatic N) is 3. The summed E-state index contributed by atoms with van der Waals surface area (Å²) in [5.41, 5.74) is 5.88. The van der Waals surface area contributed by atoms with E-state index in [1.165, 1.54) is 24.7 Å². The van der Waals surface area contributed by atoms with Gasteiger partial charge in [0.1, 0.15) is 11.9 Å². The van der Waals surface area contributed by atoms with Crippen LogP contribution in [0.1, 0.15) is 49.7 Å². The molecule has 4 rings (SSSR count). The average Bonchev–Trinajstić information content (AvgIpc) is 3.26. The Kier molecular flexibility index (Phi) is 3.66. The molecule has 0 radical (unpaired) electrons. The Balaban J connectivity index is 1.74. The van der Waals surface area contributed by atoms with Crippen molar-refractivity contribution >= 4 is 29.0 Å². The Morgan fingerprint density at radius 1 is 1.40 bits per heavy atom.